The molecule has 0 saturated carbocycles. The molecule has 28 heavy (non-hydrogen) atoms. The van der Waals surface area contributed by atoms with Gasteiger partial charge in [-0.2, -0.15) is 0 Å². The molecular weight excluding hydrogens is 348 g/mol. The number of para-hydroxylation sites is 1. The van der Waals surface area contributed by atoms with Crippen LogP contribution >= 0.6 is 0 Å². The van der Waals surface area contributed by atoms with E-state index in [4.69, 9.17) is 4.74 Å². The van der Waals surface area contributed by atoms with Gasteiger partial charge in [0.1, 0.15) is 5.75 Å². The van der Waals surface area contributed by atoms with Crippen molar-refractivity contribution in [3.8, 4) is 5.75 Å². The number of rotatable bonds is 6. The Hall–Kier alpha value is -2.33. The minimum atomic E-state index is 0.181. The average Bonchev–Trinajstić information content (AvgIpc) is 3.18. The molecule has 2 heterocycles. The van der Waals surface area contributed by atoms with Gasteiger partial charge < -0.3 is 14.5 Å². The second-order valence-electron chi connectivity index (χ2n) is 7.94. The van der Waals surface area contributed by atoms with Crippen molar-refractivity contribution in [2.45, 2.75) is 32.1 Å². The first-order valence-corrected chi connectivity index (χ1v) is 10.5. The van der Waals surface area contributed by atoms with Gasteiger partial charge in [-0.15, -0.1) is 0 Å². The summed E-state index contributed by atoms with van der Waals surface area (Å²) in [6.45, 7) is 4.01. The molecule has 1 amide bonds. The maximum Gasteiger partial charge on any atom is 0.230 e. The van der Waals surface area contributed by atoms with Crippen LogP contribution in [-0.2, 0) is 17.6 Å². The first-order valence-electron chi connectivity index (χ1n) is 10.5. The quantitative estimate of drug-likeness (QED) is 0.764. The summed E-state index contributed by atoms with van der Waals surface area (Å²) in [5.74, 6) is 1.45. The molecule has 2 aromatic rings. The van der Waals surface area contributed by atoms with Gasteiger partial charge in [-0.3, -0.25) is 4.79 Å². The van der Waals surface area contributed by atoms with E-state index in [1.54, 1.807) is 7.11 Å². The van der Waals surface area contributed by atoms with Crippen LogP contribution < -0.4 is 9.64 Å². The zero-order valence-electron chi connectivity index (χ0n) is 16.8. The van der Waals surface area contributed by atoms with Crippen LogP contribution in [0.3, 0.4) is 0 Å². The molecule has 2 aliphatic rings. The number of ether oxygens (including phenoxy) is 1. The predicted molar refractivity (Wildman–Crippen MR) is 113 cm³/mol. The summed E-state index contributed by atoms with van der Waals surface area (Å²) in [6.07, 6.45) is 5.17. The van der Waals surface area contributed by atoms with Crippen molar-refractivity contribution in [1.82, 2.24) is 4.90 Å². The third-order valence-corrected chi connectivity index (χ3v) is 6.16. The molecule has 0 unspecified atom stereocenters. The van der Waals surface area contributed by atoms with Crippen LogP contribution in [0.1, 0.15) is 30.4 Å². The number of likely N-dealkylation sites (tertiary alicyclic amines) is 1. The highest BCUT2D eigenvalue weighted by Crippen LogP contribution is 2.31. The van der Waals surface area contributed by atoms with Crippen molar-refractivity contribution in [2.24, 2.45) is 5.92 Å². The Labute approximate surface area is 168 Å². The van der Waals surface area contributed by atoms with Crippen LogP contribution in [0.2, 0.25) is 0 Å². The Bertz CT molecular complexity index is 812. The zero-order chi connectivity index (χ0) is 19.3. The van der Waals surface area contributed by atoms with E-state index in [2.05, 4.69) is 41.3 Å². The highest BCUT2D eigenvalue weighted by molar-refractivity contribution is 5.97. The summed E-state index contributed by atoms with van der Waals surface area (Å²) in [4.78, 5) is 17.6. The van der Waals surface area contributed by atoms with E-state index in [-0.39, 0.29) is 5.92 Å². The number of benzene rings is 2. The summed E-state index contributed by atoms with van der Waals surface area (Å²) >= 11 is 0. The number of aryl methyl sites for hydroxylation is 1. The number of nitrogens with zero attached hydrogens (tertiary/aromatic N) is 2. The lowest BCUT2D eigenvalue weighted by molar-refractivity contribution is -0.123. The van der Waals surface area contributed by atoms with Crippen LogP contribution in [0, 0.1) is 5.92 Å². The van der Waals surface area contributed by atoms with Crippen molar-refractivity contribution in [3.63, 3.8) is 0 Å². The molecular formula is C24H30N2O2. The molecule has 148 valence electrons. The second kappa shape index (κ2) is 8.78. The molecule has 1 saturated heterocycles. The van der Waals surface area contributed by atoms with E-state index in [1.165, 1.54) is 11.1 Å². The predicted octanol–water partition coefficient (Wildman–Crippen LogP) is 3.93. The molecule has 0 atom stereocenters. The van der Waals surface area contributed by atoms with E-state index in [0.29, 0.717) is 5.91 Å². The van der Waals surface area contributed by atoms with Gasteiger partial charge in [0, 0.05) is 18.2 Å². The van der Waals surface area contributed by atoms with Crippen molar-refractivity contribution in [2.75, 3.05) is 38.2 Å². The number of amides is 1. The molecule has 0 N–H and O–H groups in total. The largest absolute Gasteiger partial charge is 0.497 e. The lowest BCUT2D eigenvalue weighted by Crippen LogP contribution is -2.42. The number of methoxy groups -OCH3 is 1. The molecule has 0 spiro atoms. The first kappa shape index (κ1) is 19.0. The zero-order valence-corrected chi connectivity index (χ0v) is 16.8. The lowest BCUT2D eigenvalue weighted by Gasteiger charge is -2.33. The van der Waals surface area contributed by atoms with Crippen molar-refractivity contribution >= 4 is 11.6 Å². The third kappa shape index (κ3) is 4.22. The van der Waals surface area contributed by atoms with Crippen LogP contribution in [0.25, 0.3) is 0 Å². The summed E-state index contributed by atoms with van der Waals surface area (Å²) in [6, 6.07) is 16.7. The van der Waals surface area contributed by atoms with Crippen LogP contribution in [-0.4, -0.2) is 44.1 Å². The van der Waals surface area contributed by atoms with E-state index in [1.807, 2.05) is 17.0 Å². The number of carbonyl (C=O) groups is 1. The summed E-state index contributed by atoms with van der Waals surface area (Å²) in [7, 11) is 1.71. The Balaban J connectivity index is 1.23. The van der Waals surface area contributed by atoms with Gasteiger partial charge >= 0.3 is 0 Å². The van der Waals surface area contributed by atoms with E-state index in [9.17, 15) is 4.79 Å². The monoisotopic (exact) mass is 378 g/mol. The van der Waals surface area contributed by atoms with Gasteiger partial charge in [-0.05, 0) is 81.1 Å². The normalized spacial score (nSPS) is 17.5. The fourth-order valence-corrected chi connectivity index (χ4v) is 4.53. The Morgan fingerprint density at radius 3 is 2.71 bits per heavy atom. The smallest absolute Gasteiger partial charge is 0.230 e. The molecule has 2 aromatic carbocycles. The lowest BCUT2D eigenvalue weighted by atomic mass is 9.95. The third-order valence-electron chi connectivity index (χ3n) is 6.16. The van der Waals surface area contributed by atoms with Gasteiger partial charge in [0.2, 0.25) is 5.91 Å². The maximum atomic E-state index is 13.0. The van der Waals surface area contributed by atoms with Gasteiger partial charge in [0.15, 0.2) is 0 Å². The fourth-order valence-electron chi connectivity index (χ4n) is 4.53. The highest BCUT2D eigenvalue weighted by Gasteiger charge is 2.32. The molecule has 0 aromatic heterocycles. The van der Waals surface area contributed by atoms with E-state index in [0.717, 1.165) is 69.7 Å². The molecule has 0 aliphatic carbocycles. The Kier molecular flexibility index (Phi) is 5.96. The minimum Gasteiger partial charge on any atom is -0.497 e. The maximum absolute atomic E-state index is 13.0. The second-order valence-corrected chi connectivity index (χ2v) is 7.94. The number of anilines is 1. The van der Waals surface area contributed by atoms with Crippen molar-refractivity contribution in [1.29, 1.82) is 0 Å². The van der Waals surface area contributed by atoms with Gasteiger partial charge in [0.25, 0.3) is 0 Å². The first-order chi connectivity index (χ1) is 13.7. The highest BCUT2D eigenvalue weighted by atomic mass is 16.5. The Morgan fingerprint density at radius 2 is 1.89 bits per heavy atom. The number of hydrogen-bond acceptors (Lipinski definition) is 3. The molecule has 0 bridgehead atoms. The summed E-state index contributed by atoms with van der Waals surface area (Å²) in [5.41, 5.74) is 3.77. The van der Waals surface area contributed by atoms with Crippen LogP contribution in [0.4, 0.5) is 5.69 Å². The van der Waals surface area contributed by atoms with Gasteiger partial charge in [0.05, 0.1) is 7.11 Å². The molecule has 2 aliphatic heterocycles. The number of hydrogen-bond donors (Lipinski definition) is 0. The topological polar surface area (TPSA) is 32.8 Å². The molecule has 4 rings (SSSR count). The molecule has 4 nitrogen and oxygen atoms in total. The van der Waals surface area contributed by atoms with Crippen LogP contribution in [0.15, 0.2) is 48.5 Å². The summed E-state index contributed by atoms with van der Waals surface area (Å²) in [5, 5.41) is 0. The minimum absolute atomic E-state index is 0.181. The van der Waals surface area contributed by atoms with Gasteiger partial charge in [-0.1, -0.05) is 30.3 Å². The van der Waals surface area contributed by atoms with Crippen molar-refractivity contribution in [3.05, 3.63) is 59.7 Å². The molecule has 1 fully saturated rings. The fraction of sp³-hybridized carbons (Fsp3) is 0.458. The molecule has 4 heteroatoms. The standard InChI is InChI=1S/C24H30N2O2/c1-28-22-9-4-6-19(18-22)7-5-14-25-15-11-21(12-16-25)24(27)26-17-13-20-8-2-3-10-23(20)26/h2-4,6,8-10,18,21H,5,7,11-17H2,1H3. The van der Waals surface area contributed by atoms with E-state index < -0.39 is 0 Å². The van der Waals surface area contributed by atoms with E-state index >= 15 is 0 Å². The number of fused-ring (bicyclic) bond motifs is 1. The Morgan fingerprint density at radius 1 is 1.07 bits per heavy atom. The average molecular weight is 379 g/mol. The van der Waals surface area contributed by atoms with Crippen molar-refractivity contribution < 1.29 is 9.53 Å². The molecule has 0 radical (unpaired) electrons. The summed E-state index contributed by atoms with van der Waals surface area (Å²) < 4.78 is 5.30. The van der Waals surface area contributed by atoms with Gasteiger partial charge in [-0.25, -0.2) is 0 Å². The van der Waals surface area contributed by atoms with Crippen LogP contribution in [0.5, 0.6) is 5.75 Å². The number of piperidine rings is 1. The SMILES string of the molecule is COc1cccc(CCCN2CCC(C(=O)N3CCc4ccccc43)CC2)c1. The number of carbonyl (C=O) groups excluding carboxylic acids is 1.